The van der Waals surface area contributed by atoms with Gasteiger partial charge in [-0.1, -0.05) is 12.2 Å². The third kappa shape index (κ3) is 3.87. The molecule has 2 heterocycles. The van der Waals surface area contributed by atoms with Crippen LogP contribution in [0, 0.1) is 11.3 Å². The maximum Gasteiger partial charge on any atom is 0.405 e. The first-order chi connectivity index (χ1) is 12.6. The van der Waals surface area contributed by atoms with E-state index in [4.69, 9.17) is 5.11 Å². The van der Waals surface area contributed by atoms with Gasteiger partial charge in [0.05, 0.1) is 23.4 Å². The van der Waals surface area contributed by atoms with E-state index in [1.165, 1.54) is 0 Å². The van der Waals surface area contributed by atoms with Crippen molar-refractivity contribution < 1.29 is 14.7 Å². The van der Waals surface area contributed by atoms with Crippen LogP contribution in [0.5, 0.6) is 0 Å². The second-order valence-electron chi connectivity index (χ2n) is 5.80. The number of benzene rings is 1. The van der Waals surface area contributed by atoms with Crippen molar-refractivity contribution in [2.24, 2.45) is 0 Å². The van der Waals surface area contributed by atoms with Crippen LogP contribution in [0.4, 0.5) is 10.5 Å². The lowest BCUT2D eigenvalue weighted by Crippen LogP contribution is -2.27. The number of nitrogens with zero attached hydrogens (tertiary/aromatic N) is 2. The van der Waals surface area contributed by atoms with E-state index >= 15 is 0 Å². The highest BCUT2D eigenvalue weighted by Gasteiger charge is 2.17. The van der Waals surface area contributed by atoms with Crippen molar-refractivity contribution in [1.82, 2.24) is 10.3 Å². The average Bonchev–Trinajstić information content (AvgIpc) is 2.63. The summed E-state index contributed by atoms with van der Waals surface area (Å²) in [6.45, 7) is 0. The highest BCUT2D eigenvalue weighted by Crippen LogP contribution is 2.31. The van der Waals surface area contributed by atoms with Gasteiger partial charge in [-0.05, 0) is 42.3 Å². The number of aromatic nitrogens is 1. The molecule has 0 spiro atoms. The molecule has 0 saturated carbocycles. The average molecular weight is 348 g/mol. The van der Waals surface area contributed by atoms with Crippen LogP contribution in [-0.2, 0) is 4.79 Å². The van der Waals surface area contributed by atoms with E-state index in [0.717, 1.165) is 5.56 Å². The Bertz CT molecular complexity index is 931. The Morgan fingerprint density at radius 3 is 2.92 bits per heavy atom. The van der Waals surface area contributed by atoms with E-state index in [1.54, 1.807) is 48.7 Å². The van der Waals surface area contributed by atoms with Gasteiger partial charge in [0, 0.05) is 23.9 Å². The van der Waals surface area contributed by atoms with Gasteiger partial charge in [0.2, 0.25) is 5.91 Å². The summed E-state index contributed by atoms with van der Waals surface area (Å²) in [7, 11) is 0. The molecule has 3 rings (SSSR count). The van der Waals surface area contributed by atoms with E-state index in [1.807, 2.05) is 0 Å². The van der Waals surface area contributed by atoms with Gasteiger partial charge >= 0.3 is 6.09 Å². The quantitative estimate of drug-likeness (QED) is 0.684. The Balaban J connectivity index is 2.15. The number of rotatable bonds is 1. The zero-order valence-electron chi connectivity index (χ0n) is 13.8. The van der Waals surface area contributed by atoms with Crippen LogP contribution < -0.4 is 10.6 Å². The van der Waals surface area contributed by atoms with Crippen LogP contribution in [0.15, 0.2) is 48.7 Å². The summed E-state index contributed by atoms with van der Waals surface area (Å²) in [5.74, 6) is -0.190. The number of carbonyl (C=O) groups excluding carboxylic acids is 1. The first-order valence-corrected chi connectivity index (χ1v) is 8.01. The lowest BCUT2D eigenvalue weighted by atomic mass is 9.98. The van der Waals surface area contributed by atoms with Crippen LogP contribution in [0.1, 0.15) is 30.1 Å². The molecule has 1 aromatic carbocycles. The third-order valence-electron chi connectivity index (χ3n) is 4.01. The van der Waals surface area contributed by atoms with E-state index < -0.39 is 12.1 Å². The molecule has 1 atom stereocenters. The second kappa shape index (κ2) is 7.49. The molecule has 0 unspecified atom stereocenters. The van der Waals surface area contributed by atoms with E-state index in [0.29, 0.717) is 28.9 Å². The Labute approximate surface area is 150 Å². The minimum absolute atomic E-state index is 0.167. The Kier molecular flexibility index (Phi) is 4.94. The molecule has 0 radical (unpaired) electrons. The van der Waals surface area contributed by atoms with Crippen LogP contribution in [0.25, 0.3) is 11.1 Å². The van der Waals surface area contributed by atoms with Crippen LogP contribution in [-0.4, -0.2) is 22.1 Å². The summed E-state index contributed by atoms with van der Waals surface area (Å²) >= 11 is 0. The van der Waals surface area contributed by atoms with Gasteiger partial charge < -0.3 is 15.7 Å². The topological polar surface area (TPSA) is 115 Å². The normalized spacial score (nSPS) is 17.5. The number of carbonyl (C=O) groups is 2. The fourth-order valence-corrected chi connectivity index (χ4v) is 2.79. The van der Waals surface area contributed by atoms with Gasteiger partial charge in [-0.25, -0.2) is 4.79 Å². The number of hydrogen-bond donors (Lipinski definition) is 3. The van der Waals surface area contributed by atoms with E-state index in [-0.39, 0.29) is 12.3 Å². The number of amides is 2. The Morgan fingerprint density at radius 1 is 1.31 bits per heavy atom. The predicted molar refractivity (Wildman–Crippen MR) is 95.3 cm³/mol. The van der Waals surface area contributed by atoms with E-state index in [2.05, 4.69) is 21.7 Å². The number of nitriles is 1. The van der Waals surface area contributed by atoms with Crippen LogP contribution in [0.3, 0.4) is 0 Å². The van der Waals surface area contributed by atoms with Gasteiger partial charge in [-0.2, -0.15) is 5.26 Å². The molecule has 3 N–H and O–H groups in total. The second-order valence-corrected chi connectivity index (χ2v) is 5.80. The molecule has 7 nitrogen and oxygen atoms in total. The maximum absolute atomic E-state index is 12.2. The standard InChI is InChI=1S/C19H16N4O3/c20-11-12-5-6-15-14(9-12)13-7-8-21-17(10-13)16(23-19(25)26)3-1-2-4-18(24)22-15/h1-2,5-10,16,23H,3-4H2,(H,22,24)(H,25,26)/b2-1+/t16-/m0/s1. The van der Waals surface area contributed by atoms with Gasteiger partial charge in [-0.15, -0.1) is 0 Å². The van der Waals surface area contributed by atoms with Crippen molar-refractivity contribution in [3.8, 4) is 17.2 Å². The summed E-state index contributed by atoms with van der Waals surface area (Å²) in [5, 5.41) is 23.6. The molecule has 1 aliphatic heterocycles. The van der Waals surface area contributed by atoms with Gasteiger partial charge in [-0.3, -0.25) is 9.78 Å². The molecule has 0 saturated heterocycles. The summed E-state index contributed by atoms with van der Waals surface area (Å²) < 4.78 is 0. The molecule has 0 aliphatic carbocycles. The van der Waals surface area contributed by atoms with Crippen LogP contribution >= 0.6 is 0 Å². The molecule has 130 valence electrons. The first kappa shape index (κ1) is 17.2. The zero-order chi connectivity index (χ0) is 18.5. The molecule has 1 aliphatic rings. The SMILES string of the molecule is N#Cc1ccc2c(c1)-c1ccnc(c1)[C@@H](NC(=O)O)C/C=C/CC(=O)N2. The summed E-state index contributed by atoms with van der Waals surface area (Å²) in [5.41, 5.74) is 3.03. The number of fused-ring (bicyclic) bond motifs is 4. The minimum Gasteiger partial charge on any atom is -0.465 e. The Morgan fingerprint density at radius 2 is 2.15 bits per heavy atom. The molecule has 2 aromatic rings. The summed E-state index contributed by atoms with van der Waals surface area (Å²) in [6.07, 6.45) is 4.44. The largest absolute Gasteiger partial charge is 0.465 e. The van der Waals surface area contributed by atoms with Crippen molar-refractivity contribution in [3.05, 3.63) is 59.9 Å². The highest BCUT2D eigenvalue weighted by atomic mass is 16.4. The summed E-state index contributed by atoms with van der Waals surface area (Å²) in [4.78, 5) is 27.5. The fraction of sp³-hybridized carbons (Fsp3) is 0.158. The smallest absolute Gasteiger partial charge is 0.405 e. The van der Waals surface area contributed by atoms with Crippen molar-refractivity contribution in [2.45, 2.75) is 18.9 Å². The molecule has 0 fully saturated rings. The lowest BCUT2D eigenvalue weighted by molar-refractivity contribution is -0.115. The first-order valence-electron chi connectivity index (χ1n) is 8.01. The molecule has 7 heteroatoms. The zero-order valence-corrected chi connectivity index (χ0v) is 13.8. The monoisotopic (exact) mass is 348 g/mol. The molecule has 26 heavy (non-hydrogen) atoms. The van der Waals surface area contributed by atoms with Gasteiger partial charge in [0.1, 0.15) is 0 Å². The van der Waals surface area contributed by atoms with E-state index in [9.17, 15) is 14.9 Å². The predicted octanol–water partition coefficient (Wildman–Crippen LogP) is 3.22. The minimum atomic E-state index is -1.15. The number of nitrogens with one attached hydrogen (secondary N) is 2. The van der Waals surface area contributed by atoms with Gasteiger partial charge in [0.15, 0.2) is 0 Å². The van der Waals surface area contributed by atoms with Crippen molar-refractivity contribution >= 4 is 17.7 Å². The molecular weight excluding hydrogens is 332 g/mol. The molecule has 2 bridgehead atoms. The number of carboxylic acid groups (broad SMARTS) is 1. The molecule has 2 amide bonds. The fourth-order valence-electron chi connectivity index (χ4n) is 2.79. The number of hydrogen-bond acceptors (Lipinski definition) is 4. The van der Waals surface area contributed by atoms with Crippen LogP contribution in [0.2, 0.25) is 0 Å². The third-order valence-corrected chi connectivity index (χ3v) is 4.01. The number of anilines is 1. The highest BCUT2D eigenvalue weighted by molar-refractivity contribution is 5.96. The summed E-state index contributed by atoms with van der Waals surface area (Å²) in [6, 6.07) is 10.1. The van der Waals surface area contributed by atoms with Crippen molar-refractivity contribution in [3.63, 3.8) is 0 Å². The maximum atomic E-state index is 12.2. The van der Waals surface area contributed by atoms with Gasteiger partial charge in [0.25, 0.3) is 0 Å². The number of pyridine rings is 1. The van der Waals surface area contributed by atoms with Crippen molar-refractivity contribution in [1.29, 1.82) is 5.26 Å². The van der Waals surface area contributed by atoms with Crippen molar-refractivity contribution in [2.75, 3.05) is 5.32 Å². The molecular formula is C19H16N4O3. The molecule has 1 aromatic heterocycles. The lowest BCUT2D eigenvalue weighted by Gasteiger charge is -2.17. The Hall–Kier alpha value is -3.66.